The summed E-state index contributed by atoms with van der Waals surface area (Å²) in [6.45, 7) is -0.280. The first-order valence-electron chi connectivity index (χ1n) is 5.66. The Hall–Kier alpha value is -1.95. The van der Waals surface area contributed by atoms with Gasteiger partial charge in [-0.3, -0.25) is 9.78 Å². The van der Waals surface area contributed by atoms with Crippen LogP contribution in [0.5, 0.6) is 0 Å². The quantitative estimate of drug-likeness (QED) is 0.632. The zero-order valence-corrected chi connectivity index (χ0v) is 9.87. The maximum Gasteiger partial charge on any atom is 0.326 e. The normalized spacial score (nSPS) is 11.8. The Labute approximate surface area is 105 Å². The van der Waals surface area contributed by atoms with E-state index in [1.807, 2.05) is 6.07 Å². The van der Waals surface area contributed by atoms with Gasteiger partial charge in [0, 0.05) is 31.3 Å². The van der Waals surface area contributed by atoms with E-state index in [9.17, 15) is 9.59 Å². The van der Waals surface area contributed by atoms with Gasteiger partial charge in [0.25, 0.3) is 0 Å². The Morgan fingerprint density at radius 2 is 2.17 bits per heavy atom. The fourth-order valence-corrected chi connectivity index (χ4v) is 1.44. The number of carboxylic acid groups (broad SMARTS) is 1. The van der Waals surface area contributed by atoms with Crippen LogP contribution in [0.3, 0.4) is 0 Å². The molecule has 1 rings (SSSR count). The number of nitrogens with zero attached hydrogens (tertiary/aromatic N) is 1. The predicted octanol–water partition coefficient (Wildman–Crippen LogP) is -0.0340. The molecule has 1 atom stereocenters. The summed E-state index contributed by atoms with van der Waals surface area (Å²) in [6.07, 6.45) is 2.27. The molecule has 1 amide bonds. The van der Waals surface area contributed by atoms with Gasteiger partial charge in [0.05, 0.1) is 0 Å². The van der Waals surface area contributed by atoms with Crippen molar-refractivity contribution in [2.24, 2.45) is 0 Å². The minimum absolute atomic E-state index is 0.00462. The molecule has 6 nitrogen and oxygen atoms in total. The van der Waals surface area contributed by atoms with Crippen molar-refractivity contribution in [1.29, 1.82) is 0 Å². The highest BCUT2D eigenvalue weighted by molar-refractivity contribution is 5.83. The Bertz CT molecular complexity index is 394. The molecule has 0 spiro atoms. The second-order valence-electron chi connectivity index (χ2n) is 3.79. The molecule has 6 heteroatoms. The minimum atomic E-state index is -1.14. The second-order valence-corrected chi connectivity index (χ2v) is 3.79. The highest BCUT2D eigenvalue weighted by Crippen LogP contribution is 1.99. The number of pyridine rings is 1. The smallest absolute Gasteiger partial charge is 0.326 e. The SMILES string of the molecule is O=C(CCc1ccccn1)N[C@H](CCO)C(=O)O. The van der Waals surface area contributed by atoms with Crippen LogP contribution in [0.4, 0.5) is 0 Å². The lowest BCUT2D eigenvalue weighted by molar-refractivity contribution is -0.142. The van der Waals surface area contributed by atoms with E-state index >= 15 is 0 Å². The molecule has 1 heterocycles. The molecule has 18 heavy (non-hydrogen) atoms. The molecule has 3 N–H and O–H groups in total. The monoisotopic (exact) mass is 252 g/mol. The van der Waals surface area contributed by atoms with Gasteiger partial charge in [-0.15, -0.1) is 0 Å². The average Bonchev–Trinajstić information content (AvgIpc) is 2.37. The van der Waals surface area contributed by atoms with Gasteiger partial charge in [-0.1, -0.05) is 6.07 Å². The number of hydrogen-bond acceptors (Lipinski definition) is 4. The van der Waals surface area contributed by atoms with Crippen LogP contribution in [0.25, 0.3) is 0 Å². The molecular weight excluding hydrogens is 236 g/mol. The summed E-state index contributed by atoms with van der Waals surface area (Å²) in [5.41, 5.74) is 0.779. The van der Waals surface area contributed by atoms with Gasteiger partial charge < -0.3 is 15.5 Å². The number of rotatable bonds is 7. The lowest BCUT2D eigenvalue weighted by Crippen LogP contribution is -2.41. The van der Waals surface area contributed by atoms with Crippen LogP contribution in [0.1, 0.15) is 18.5 Å². The molecule has 0 aliphatic carbocycles. The number of nitrogens with one attached hydrogen (secondary N) is 1. The number of aliphatic carboxylic acids is 1. The van der Waals surface area contributed by atoms with E-state index in [2.05, 4.69) is 10.3 Å². The molecule has 0 aliphatic rings. The summed E-state index contributed by atoms with van der Waals surface area (Å²) in [6, 6.07) is 4.37. The molecule has 0 saturated heterocycles. The zero-order valence-electron chi connectivity index (χ0n) is 9.87. The maximum atomic E-state index is 11.5. The number of aromatic nitrogens is 1. The zero-order chi connectivity index (χ0) is 13.4. The van der Waals surface area contributed by atoms with Crippen molar-refractivity contribution in [3.05, 3.63) is 30.1 Å². The van der Waals surface area contributed by atoms with E-state index in [1.165, 1.54) is 0 Å². The Kier molecular flexibility index (Phi) is 5.79. The van der Waals surface area contributed by atoms with Crippen LogP contribution in [-0.4, -0.2) is 39.7 Å². The van der Waals surface area contributed by atoms with Gasteiger partial charge in [-0.25, -0.2) is 4.79 Å². The number of carbonyl (C=O) groups is 2. The Morgan fingerprint density at radius 3 is 2.72 bits per heavy atom. The number of aryl methyl sites for hydroxylation is 1. The summed E-state index contributed by atoms with van der Waals surface area (Å²) >= 11 is 0. The molecule has 0 radical (unpaired) electrons. The van der Waals surface area contributed by atoms with Gasteiger partial charge >= 0.3 is 5.97 Å². The van der Waals surface area contributed by atoms with Crippen LogP contribution in [-0.2, 0) is 16.0 Å². The fraction of sp³-hybridized carbons (Fsp3) is 0.417. The predicted molar refractivity (Wildman–Crippen MR) is 63.8 cm³/mol. The number of carbonyl (C=O) groups excluding carboxylic acids is 1. The number of aliphatic hydroxyl groups is 1. The number of amides is 1. The lowest BCUT2D eigenvalue weighted by Gasteiger charge is -2.12. The van der Waals surface area contributed by atoms with Crippen molar-refractivity contribution >= 4 is 11.9 Å². The van der Waals surface area contributed by atoms with Crippen molar-refractivity contribution in [3.8, 4) is 0 Å². The van der Waals surface area contributed by atoms with Gasteiger partial charge in [-0.2, -0.15) is 0 Å². The van der Waals surface area contributed by atoms with E-state index in [-0.39, 0.29) is 25.4 Å². The maximum absolute atomic E-state index is 11.5. The van der Waals surface area contributed by atoms with Gasteiger partial charge in [0.2, 0.25) is 5.91 Å². The molecule has 1 aromatic rings. The Morgan fingerprint density at radius 1 is 1.39 bits per heavy atom. The van der Waals surface area contributed by atoms with Crippen LogP contribution < -0.4 is 5.32 Å². The molecule has 0 saturated carbocycles. The molecule has 98 valence electrons. The minimum Gasteiger partial charge on any atom is -0.480 e. The molecule has 0 bridgehead atoms. The van der Waals surface area contributed by atoms with Gasteiger partial charge in [-0.05, 0) is 18.6 Å². The molecule has 0 aliphatic heterocycles. The summed E-state index contributed by atoms with van der Waals surface area (Å²) in [5.74, 6) is -1.50. The first-order valence-corrected chi connectivity index (χ1v) is 5.66. The third-order valence-corrected chi connectivity index (χ3v) is 2.39. The van der Waals surface area contributed by atoms with E-state index in [4.69, 9.17) is 10.2 Å². The number of aliphatic hydroxyl groups excluding tert-OH is 1. The lowest BCUT2D eigenvalue weighted by atomic mass is 10.2. The fourth-order valence-electron chi connectivity index (χ4n) is 1.44. The highest BCUT2D eigenvalue weighted by Gasteiger charge is 2.18. The van der Waals surface area contributed by atoms with Gasteiger partial charge in [0.1, 0.15) is 6.04 Å². The van der Waals surface area contributed by atoms with Crippen molar-refractivity contribution in [2.45, 2.75) is 25.3 Å². The summed E-state index contributed by atoms with van der Waals surface area (Å²) in [5, 5.41) is 19.8. The van der Waals surface area contributed by atoms with Crippen LogP contribution in [0.2, 0.25) is 0 Å². The van der Waals surface area contributed by atoms with E-state index in [1.54, 1.807) is 18.3 Å². The summed E-state index contributed by atoms with van der Waals surface area (Å²) < 4.78 is 0. The number of carboxylic acids is 1. The van der Waals surface area contributed by atoms with E-state index in [0.717, 1.165) is 5.69 Å². The average molecular weight is 252 g/mol. The molecular formula is C12H16N2O4. The molecule has 0 unspecified atom stereocenters. The van der Waals surface area contributed by atoms with Crippen LogP contribution >= 0.6 is 0 Å². The van der Waals surface area contributed by atoms with Crippen molar-refractivity contribution < 1.29 is 19.8 Å². The van der Waals surface area contributed by atoms with Crippen molar-refractivity contribution in [2.75, 3.05) is 6.61 Å². The topological polar surface area (TPSA) is 99.5 Å². The summed E-state index contributed by atoms with van der Waals surface area (Å²) in [4.78, 5) is 26.3. The van der Waals surface area contributed by atoms with Gasteiger partial charge in [0.15, 0.2) is 0 Å². The Balaban J connectivity index is 2.39. The molecule has 0 fully saturated rings. The first kappa shape index (κ1) is 14.1. The summed E-state index contributed by atoms with van der Waals surface area (Å²) in [7, 11) is 0. The molecule has 0 aromatic carbocycles. The first-order chi connectivity index (χ1) is 8.63. The van der Waals surface area contributed by atoms with Crippen LogP contribution in [0.15, 0.2) is 24.4 Å². The van der Waals surface area contributed by atoms with Crippen molar-refractivity contribution in [1.82, 2.24) is 10.3 Å². The van der Waals surface area contributed by atoms with E-state index in [0.29, 0.717) is 6.42 Å². The molecule has 1 aromatic heterocycles. The largest absolute Gasteiger partial charge is 0.480 e. The van der Waals surface area contributed by atoms with E-state index < -0.39 is 12.0 Å². The standard InChI is InChI=1S/C12H16N2O4/c15-8-6-10(12(17)18)14-11(16)5-4-9-3-1-2-7-13-9/h1-3,7,10,15H,4-6,8H2,(H,14,16)(H,17,18)/t10-/m1/s1. The van der Waals surface area contributed by atoms with Crippen LogP contribution in [0, 0.1) is 0 Å². The highest BCUT2D eigenvalue weighted by atomic mass is 16.4. The third kappa shape index (κ3) is 4.92. The van der Waals surface area contributed by atoms with Crippen molar-refractivity contribution in [3.63, 3.8) is 0 Å². The second kappa shape index (κ2) is 7.39. The number of hydrogen-bond donors (Lipinski definition) is 3. The third-order valence-electron chi connectivity index (χ3n) is 2.39.